The Bertz CT molecular complexity index is 2050. The molecule has 3 atom stereocenters. The predicted octanol–water partition coefficient (Wildman–Crippen LogP) is 6.94. The summed E-state index contributed by atoms with van der Waals surface area (Å²) in [6.45, 7) is -0.911. The number of carbonyl (C=O) groups excluding carboxylic acids is 4. The second-order valence-electron chi connectivity index (χ2n) is 13.9. The Morgan fingerprint density at radius 2 is 1.47 bits per heavy atom. The van der Waals surface area contributed by atoms with Gasteiger partial charge in [0.15, 0.2) is 0 Å². The molecular weight excluding hydrogens is 687 g/mol. The number of alkyl halides is 3. The monoisotopic (exact) mass is 725 g/mol. The summed E-state index contributed by atoms with van der Waals surface area (Å²) in [6.07, 6.45) is -2.04. The molecule has 1 N–H and O–H groups in total. The van der Waals surface area contributed by atoms with Gasteiger partial charge in [0.05, 0.1) is 36.6 Å². The summed E-state index contributed by atoms with van der Waals surface area (Å²) in [7, 11) is 2.95. The Balaban J connectivity index is 1.30. The third-order valence-electron chi connectivity index (χ3n) is 11.0. The van der Waals surface area contributed by atoms with E-state index in [-0.39, 0.29) is 42.3 Å². The smallest absolute Gasteiger partial charge is 0.416 e. The number of carbonyl (C=O) groups is 4. The van der Waals surface area contributed by atoms with Gasteiger partial charge in [0.25, 0.3) is 11.8 Å². The lowest BCUT2D eigenvalue weighted by atomic mass is 9.62. The minimum Gasteiger partial charge on any atom is -0.497 e. The zero-order chi connectivity index (χ0) is 37.5. The van der Waals surface area contributed by atoms with Crippen LogP contribution in [0.2, 0.25) is 0 Å². The number of imide groups is 1. The van der Waals surface area contributed by atoms with Crippen molar-refractivity contribution in [2.45, 2.75) is 50.4 Å². The van der Waals surface area contributed by atoms with Crippen molar-refractivity contribution in [1.82, 2.24) is 9.80 Å². The first-order chi connectivity index (χ1) is 25.4. The van der Waals surface area contributed by atoms with Gasteiger partial charge in [-0.25, -0.2) is 0 Å². The number of ether oxygens (including phenoxy) is 2. The third kappa shape index (κ3) is 6.73. The van der Waals surface area contributed by atoms with E-state index in [4.69, 9.17) is 9.47 Å². The highest BCUT2D eigenvalue weighted by Gasteiger charge is 2.53. The van der Waals surface area contributed by atoms with Crippen LogP contribution in [-0.2, 0) is 35.2 Å². The maximum absolute atomic E-state index is 15.0. The zero-order valence-electron chi connectivity index (χ0n) is 29.2. The van der Waals surface area contributed by atoms with E-state index in [1.807, 2.05) is 12.1 Å². The number of fused-ring (bicyclic) bond motifs is 3. The summed E-state index contributed by atoms with van der Waals surface area (Å²) in [6, 6.07) is 23.8. The van der Waals surface area contributed by atoms with Crippen LogP contribution < -0.4 is 14.8 Å². The van der Waals surface area contributed by atoms with Crippen molar-refractivity contribution < 1.29 is 41.8 Å². The van der Waals surface area contributed by atoms with E-state index < -0.39 is 47.5 Å². The molecular formula is C41H38F3N3O6. The number of hydrogen-bond donors (Lipinski definition) is 1. The molecule has 1 heterocycles. The van der Waals surface area contributed by atoms with Crippen molar-refractivity contribution in [2.75, 3.05) is 26.1 Å². The van der Waals surface area contributed by atoms with Gasteiger partial charge in [0.1, 0.15) is 23.6 Å². The average Bonchev–Trinajstić information content (AvgIpc) is 3.40. The summed E-state index contributed by atoms with van der Waals surface area (Å²) in [5, 5.41) is 3.00. The molecule has 4 amide bonds. The molecule has 4 aromatic carbocycles. The Morgan fingerprint density at radius 3 is 2.08 bits per heavy atom. The lowest BCUT2D eigenvalue weighted by Gasteiger charge is -2.51. The molecule has 1 saturated carbocycles. The molecule has 0 radical (unpaired) electrons. The van der Waals surface area contributed by atoms with Crippen LogP contribution in [0, 0.1) is 11.8 Å². The Hall–Kier alpha value is -5.65. The molecule has 3 unspecified atom stereocenters. The summed E-state index contributed by atoms with van der Waals surface area (Å²) in [5.74, 6) is -1.46. The zero-order valence-corrected chi connectivity index (χ0v) is 29.2. The van der Waals surface area contributed by atoms with Crippen LogP contribution >= 0.6 is 0 Å². The van der Waals surface area contributed by atoms with E-state index in [0.717, 1.165) is 29.0 Å². The number of nitrogens with zero attached hydrogens (tertiary/aromatic N) is 2. The van der Waals surface area contributed by atoms with Gasteiger partial charge in [-0.05, 0) is 97.0 Å². The summed E-state index contributed by atoms with van der Waals surface area (Å²) in [5.41, 5.74) is 1.03. The number of amides is 4. The van der Waals surface area contributed by atoms with Crippen LogP contribution in [0.3, 0.4) is 0 Å². The van der Waals surface area contributed by atoms with Gasteiger partial charge in [-0.2, -0.15) is 13.2 Å². The average molecular weight is 726 g/mol. The van der Waals surface area contributed by atoms with Gasteiger partial charge in [-0.1, -0.05) is 48.5 Å². The lowest BCUT2D eigenvalue weighted by molar-refractivity contribution is -0.151. The fourth-order valence-corrected chi connectivity index (χ4v) is 8.17. The van der Waals surface area contributed by atoms with Gasteiger partial charge in [0.2, 0.25) is 11.8 Å². The van der Waals surface area contributed by atoms with Gasteiger partial charge < -0.3 is 19.7 Å². The molecule has 0 bridgehead atoms. The standard InChI is InChI=1S/C41H38F3N3O6/c1-52-31-15-16-34(35(21-31)53-2)45-39(51)40(18-17-28-19-26-7-3-4-8-27(26)20-29(28)22-40)47(23-25-11-13-30(14-12-25)41(42,43)44)36(48)24-46-37(49)32-9-5-6-10-33(32)38(46)50/h3-16,21,28-29H,17-20,22-24H2,1-2H3,(H,45,51). The van der Waals surface area contributed by atoms with Crippen LogP contribution in [0.15, 0.2) is 91.0 Å². The van der Waals surface area contributed by atoms with Gasteiger partial charge in [0, 0.05) is 12.6 Å². The van der Waals surface area contributed by atoms with Crippen LogP contribution in [-0.4, -0.2) is 59.7 Å². The highest BCUT2D eigenvalue weighted by molar-refractivity contribution is 6.22. The Labute approximate surface area is 304 Å². The molecule has 9 nitrogen and oxygen atoms in total. The predicted molar refractivity (Wildman–Crippen MR) is 189 cm³/mol. The number of anilines is 1. The molecule has 12 heteroatoms. The number of rotatable bonds is 9. The van der Waals surface area contributed by atoms with Crippen LogP contribution in [0.1, 0.15) is 62.2 Å². The van der Waals surface area contributed by atoms with Crippen LogP contribution in [0.25, 0.3) is 0 Å². The highest BCUT2D eigenvalue weighted by atomic mass is 19.4. The van der Waals surface area contributed by atoms with Crippen LogP contribution in [0.5, 0.6) is 11.5 Å². The summed E-state index contributed by atoms with van der Waals surface area (Å²) >= 11 is 0. The van der Waals surface area contributed by atoms with Crippen molar-refractivity contribution >= 4 is 29.3 Å². The van der Waals surface area contributed by atoms with Gasteiger partial charge in [-0.3, -0.25) is 24.1 Å². The first kappa shape index (κ1) is 35.7. The number of benzene rings is 4. The van der Waals surface area contributed by atoms with Crippen LogP contribution in [0.4, 0.5) is 18.9 Å². The number of halogens is 3. The van der Waals surface area contributed by atoms with Crippen molar-refractivity contribution in [2.24, 2.45) is 11.8 Å². The maximum atomic E-state index is 15.0. The molecule has 0 saturated heterocycles. The fraction of sp³-hybridized carbons (Fsp3) is 0.317. The first-order valence-electron chi connectivity index (χ1n) is 17.4. The van der Waals surface area contributed by atoms with E-state index in [2.05, 4.69) is 17.4 Å². The largest absolute Gasteiger partial charge is 0.497 e. The normalized spacial score (nSPS) is 20.6. The SMILES string of the molecule is COc1ccc(NC(=O)C2(N(Cc3ccc(C(F)(F)F)cc3)C(=O)CN3C(=O)c4ccccc4C3=O)CCC3Cc4ccccc4CC3C2)c(OC)c1. The number of hydrogen-bond acceptors (Lipinski definition) is 6. The molecule has 1 aliphatic heterocycles. The Kier molecular flexibility index (Phi) is 9.48. The molecule has 0 spiro atoms. The van der Waals surface area contributed by atoms with E-state index in [1.165, 1.54) is 48.9 Å². The topological polar surface area (TPSA) is 105 Å². The number of nitrogens with one attached hydrogen (secondary N) is 1. The summed E-state index contributed by atoms with van der Waals surface area (Å²) in [4.78, 5) is 58.9. The minimum absolute atomic E-state index is 0.0237. The quantitative estimate of drug-likeness (QED) is 0.188. The minimum atomic E-state index is -4.58. The Morgan fingerprint density at radius 1 is 0.849 bits per heavy atom. The lowest BCUT2D eigenvalue weighted by Crippen LogP contribution is -2.63. The van der Waals surface area contributed by atoms with E-state index in [0.29, 0.717) is 35.6 Å². The van der Waals surface area contributed by atoms with Crippen molar-refractivity contribution in [3.63, 3.8) is 0 Å². The molecule has 0 aromatic heterocycles. The third-order valence-corrected chi connectivity index (χ3v) is 11.0. The maximum Gasteiger partial charge on any atom is 0.416 e. The number of methoxy groups -OCH3 is 2. The molecule has 274 valence electrons. The molecule has 3 aliphatic rings. The second kappa shape index (κ2) is 14.1. The van der Waals surface area contributed by atoms with E-state index in [1.54, 1.807) is 30.3 Å². The highest BCUT2D eigenvalue weighted by Crippen LogP contribution is 2.47. The van der Waals surface area contributed by atoms with E-state index in [9.17, 15) is 27.6 Å². The second-order valence-corrected chi connectivity index (χ2v) is 13.9. The van der Waals surface area contributed by atoms with Crippen molar-refractivity contribution in [3.05, 3.63) is 124 Å². The fourth-order valence-electron chi connectivity index (χ4n) is 8.17. The van der Waals surface area contributed by atoms with Crippen molar-refractivity contribution in [3.8, 4) is 11.5 Å². The molecule has 1 fully saturated rings. The van der Waals surface area contributed by atoms with E-state index >= 15 is 4.79 Å². The van der Waals surface area contributed by atoms with Gasteiger partial charge >= 0.3 is 6.18 Å². The molecule has 4 aromatic rings. The summed E-state index contributed by atoms with van der Waals surface area (Å²) < 4.78 is 51.6. The molecule has 53 heavy (non-hydrogen) atoms. The molecule has 2 aliphatic carbocycles. The molecule has 7 rings (SSSR count). The van der Waals surface area contributed by atoms with Gasteiger partial charge in [-0.15, -0.1) is 0 Å². The van der Waals surface area contributed by atoms with Crippen molar-refractivity contribution in [1.29, 1.82) is 0 Å². The first-order valence-corrected chi connectivity index (χ1v) is 17.4.